The predicted octanol–water partition coefficient (Wildman–Crippen LogP) is 3.17. The van der Waals surface area contributed by atoms with Crippen molar-refractivity contribution in [2.24, 2.45) is 0 Å². The highest BCUT2D eigenvalue weighted by molar-refractivity contribution is 7.91. The molecule has 2 aliphatic rings. The molecule has 2 fully saturated rings. The second-order valence-electron chi connectivity index (χ2n) is 7.69. The summed E-state index contributed by atoms with van der Waals surface area (Å²) in [6.07, 6.45) is 4.85. The van der Waals surface area contributed by atoms with Gasteiger partial charge in [0.2, 0.25) is 0 Å². The van der Waals surface area contributed by atoms with Gasteiger partial charge in [0.25, 0.3) is 0 Å². The highest BCUT2D eigenvalue weighted by Gasteiger charge is 2.30. The van der Waals surface area contributed by atoms with Crippen LogP contribution in [0.2, 0.25) is 0 Å². The largest absolute Gasteiger partial charge is 0.302 e. The van der Waals surface area contributed by atoms with E-state index in [9.17, 15) is 8.42 Å². The Kier molecular flexibility index (Phi) is 5.30. The normalized spacial score (nSPS) is 20.8. The first kappa shape index (κ1) is 18.0. The molecule has 0 amide bonds. The molecule has 0 bridgehead atoms. The fourth-order valence-electron chi connectivity index (χ4n) is 4.35. The Hall–Kier alpha value is -1.43. The van der Waals surface area contributed by atoms with Crippen LogP contribution in [0.4, 0.5) is 0 Å². The number of likely N-dealkylation sites (tertiary alicyclic amines) is 2. The van der Waals surface area contributed by atoms with Crippen molar-refractivity contribution >= 4 is 20.6 Å². The Morgan fingerprint density at radius 1 is 0.846 bits per heavy atom. The van der Waals surface area contributed by atoms with E-state index < -0.39 is 9.84 Å². The van der Waals surface area contributed by atoms with E-state index in [0.717, 1.165) is 43.5 Å². The zero-order valence-corrected chi connectivity index (χ0v) is 16.1. The molecule has 0 aliphatic carbocycles. The van der Waals surface area contributed by atoms with Crippen LogP contribution < -0.4 is 0 Å². The maximum atomic E-state index is 13.2. The predicted molar refractivity (Wildman–Crippen MR) is 106 cm³/mol. The molecule has 5 heteroatoms. The van der Waals surface area contributed by atoms with Crippen molar-refractivity contribution < 1.29 is 8.42 Å². The molecule has 0 radical (unpaired) electrons. The lowest BCUT2D eigenvalue weighted by atomic mass is 10.1. The van der Waals surface area contributed by atoms with Crippen LogP contribution in [0.1, 0.15) is 25.7 Å². The Labute approximate surface area is 156 Å². The third-order valence-corrected chi connectivity index (χ3v) is 7.61. The summed E-state index contributed by atoms with van der Waals surface area (Å²) < 4.78 is 26.3. The average Bonchev–Trinajstić information content (AvgIpc) is 3.34. The summed E-state index contributed by atoms with van der Waals surface area (Å²) in [4.78, 5) is 5.30. The van der Waals surface area contributed by atoms with Crippen LogP contribution in [0.5, 0.6) is 0 Å². The van der Waals surface area contributed by atoms with E-state index >= 15 is 0 Å². The first-order valence-corrected chi connectivity index (χ1v) is 11.4. The average molecular weight is 373 g/mol. The number of nitrogens with zero attached hydrogens (tertiary/aromatic N) is 2. The van der Waals surface area contributed by atoms with E-state index in [1.807, 2.05) is 36.4 Å². The third-order valence-electron chi connectivity index (χ3n) is 5.82. The molecular weight excluding hydrogens is 344 g/mol. The van der Waals surface area contributed by atoms with Crippen molar-refractivity contribution in [2.45, 2.75) is 36.6 Å². The van der Waals surface area contributed by atoms with Gasteiger partial charge in [0.15, 0.2) is 9.84 Å². The zero-order chi connectivity index (χ0) is 18.0. The molecule has 26 heavy (non-hydrogen) atoms. The Morgan fingerprint density at radius 3 is 2.23 bits per heavy atom. The van der Waals surface area contributed by atoms with Crippen LogP contribution in [0.15, 0.2) is 47.4 Å². The standard InChI is InChI=1S/C21H28N2O2S/c24-26(25,21-10-9-18-7-1-2-8-19(18)15-21)17-20(23-13-5-6-14-23)16-22-11-3-4-12-22/h1-2,7-10,15,20H,3-6,11-14,16-17H2/t20-/m0/s1. The summed E-state index contributed by atoms with van der Waals surface area (Å²) in [5.74, 6) is 0.224. The molecule has 2 aromatic carbocycles. The van der Waals surface area contributed by atoms with E-state index in [-0.39, 0.29) is 11.8 Å². The van der Waals surface area contributed by atoms with E-state index in [4.69, 9.17) is 0 Å². The van der Waals surface area contributed by atoms with Crippen molar-refractivity contribution in [3.63, 3.8) is 0 Å². The van der Waals surface area contributed by atoms with Crippen molar-refractivity contribution in [1.82, 2.24) is 9.80 Å². The lowest BCUT2D eigenvalue weighted by Crippen LogP contribution is -2.46. The number of hydrogen-bond acceptors (Lipinski definition) is 4. The molecule has 0 N–H and O–H groups in total. The van der Waals surface area contributed by atoms with Gasteiger partial charge < -0.3 is 4.90 Å². The topological polar surface area (TPSA) is 40.6 Å². The molecule has 2 heterocycles. The number of benzene rings is 2. The van der Waals surface area contributed by atoms with Crippen molar-refractivity contribution in [3.05, 3.63) is 42.5 Å². The molecule has 0 aromatic heterocycles. The molecular formula is C21H28N2O2S. The van der Waals surface area contributed by atoms with E-state index in [1.165, 1.54) is 25.7 Å². The van der Waals surface area contributed by atoms with Gasteiger partial charge in [0.05, 0.1) is 10.6 Å². The van der Waals surface area contributed by atoms with Crippen molar-refractivity contribution in [2.75, 3.05) is 38.5 Å². The van der Waals surface area contributed by atoms with Gasteiger partial charge in [-0.25, -0.2) is 8.42 Å². The summed E-state index contributed by atoms with van der Waals surface area (Å²) in [5, 5.41) is 2.07. The minimum absolute atomic E-state index is 0.104. The third kappa shape index (κ3) is 3.95. The van der Waals surface area contributed by atoms with E-state index in [0.29, 0.717) is 4.90 Å². The first-order chi connectivity index (χ1) is 12.6. The number of fused-ring (bicyclic) bond motifs is 1. The smallest absolute Gasteiger partial charge is 0.179 e. The second-order valence-corrected chi connectivity index (χ2v) is 9.73. The van der Waals surface area contributed by atoms with Crippen LogP contribution in [0.3, 0.4) is 0 Å². The fraction of sp³-hybridized carbons (Fsp3) is 0.524. The molecule has 2 saturated heterocycles. The maximum Gasteiger partial charge on any atom is 0.179 e. The van der Waals surface area contributed by atoms with Crippen LogP contribution in [0.25, 0.3) is 10.8 Å². The van der Waals surface area contributed by atoms with Gasteiger partial charge >= 0.3 is 0 Å². The summed E-state index contributed by atoms with van der Waals surface area (Å²) in [7, 11) is -3.30. The fourth-order valence-corrected chi connectivity index (χ4v) is 5.95. The molecule has 4 rings (SSSR count). The summed E-state index contributed by atoms with van der Waals surface area (Å²) in [6.45, 7) is 5.17. The lowest BCUT2D eigenvalue weighted by molar-refractivity contribution is 0.193. The lowest BCUT2D eigenvalue weighted by Gasteiger charge is -2.31. The van der Waals surface area contributed by atoms with Gasteiger partial charge in [-0.2, -0.15) is 0 Å². The highest BCUT2D eigenvalue weighted by atomic mass is 32.2. The molecule has 1 atom stereocenters. The number of rotatable bonds is 6. The molecule has 2 aromatic rings. The highest BCUT2D eigenvalue weighted by Crippen LogP contribution is 2.23. The monoisotopic (exact) mass is 372 g/mol. The number of hydrogen-bond donors (Lipinski definition) is 0. The van der Waals surface area contributed by atoms with Gasteiger partial charge in [0.1, 0.15) is 0 Å². The molecule has 2 aliphatic heterocycles. The van der Waals surface area contributed by atoms with Crippen LogP contribution >= 0.6 is 0 Å². The van der Waals surface area contributed by atoms with Crippen LogP contribution in [-0.4, -0.2) is 62.7 Å². The molecule has 4 nitrogen and oxygen atoms in total. The minimum atomic E-state index is -3.30. The van der Waals surface area contributed by atoms with Gasteiger partial charge in [0, 0.05) is 12.6 Å². The molecule has 0 saturated carbocycles. The summed E-state index contributed by atoms with van der Waals surface area (Å²) in [6, 6.07) is 13.6. The SMILES string of the molecule is O=S(=O)(C[C@H](CN1CCCC1)N1CCCC1)c1ccc2ccccc2c1. The summed E-state index contributed by atoms with van der Waals surface area (Å²) in [5.41, 5.74) is 0. The van der Waals surface area contributed by atoms with Crippen molar-refractivity contribution in [1.29, 1.82) is 0 Å². The molecule has 0 spiro atoms. The van der Waals surface area contributed by atoms with Gasteiger partial charge in [-0.05, 0) is 74.8 Å². The Bertz CT molecular complexity index is 853. The quantitative estimate of drug-likeness (QED) is 0.781. The second kappa shape index (κ2) is 7.67. The number of sulfone groups is 1. The van der Waals surface area contributed by atoms with E-state index in [2.05, 4.69) is 9.80 Å². The van der Waals surface area contributed by atoms with E-state index in [1.54, 1.807) is 6.07 Å². The molecule has 140 valence electrons. The van der Waals surface area contributed by atoms with Crippen LogP contribution in [0, 0.1) is 0 Å². The summed E-state index contributed by atoms with van der Waals surface area (Å²) >= 11 is 0. The first-order valence-electron chi connectivity index (χ1n) is 9.80. The Morgan fingerprint density at radius 2 is 1.50 bits per heavy atom. The van der Waals surface area contributed by atoms with Crippen LogP contribution in [-0.2, 0) is 9.84 Å². The van der Waals surface area contributed by atoms with Gasteiger partial charge in [-0.1, -0.05) is 30.3 Å². The Balaban J connectivity index is 1.57. The van der Waals surface area contributed by atoms with Gasteiger partial charge in [-0.15, -0.1) is 0 Å². The van der Waals surface area contributed by atoms with Gasteiger partial charge in [-0.3, -0.25) is 4.90 Å². The minimum Gasteiger partial charge on any atom is -0.302 e. The zero-order valence-electron chi connectivity index (χ0n) is 15.3. The molecule has 0 unspecified atom stereocenters. The van der Waals surface area contributed by atoms with Crippen molar-refractivity contribution in [3.8, 4) is 0 Å². The maximum absolute atomic E-state index is 13.2.